The number of para-hydroxylation sites is 1. The number of anilines is 1. The number of unbranched alkanes of at least 4 members (excludes halogenated alkanes) is 1. The van der Waals surface area contributed by atoms with E-state index in [4.69, 9.17) is 4.43 Å². The van der Waals surface area contributed by atoms with Crippen molar-refractivity contribution in [2.75, 3.05) is 11.9 Å². The summed E-state index contributed by atoms with van der Waals surface area (Å²) in [5.74, 6) is -2.33. The largest absolute Gasteiger partial charge is 0.397 e. The summed E-state index contributed by atoms with van der Waals surface area (Å²) in [6.45, 7) is 12.0. The number of fused-ring (bicyclic) bond motifs is 1. The van der Waals surface area contributed by atoms with E-state index in [0.717, 1.165) is 10.4 Å². The van der Waals surface area contributed by atoms with Crippen LogP contribution < -0.4 is 31.6 Å². The molecule has 5 atom stereocenters. The van der Waals surface area contributed by atoms with Gasteiger partial charge in [-0.15, -0.1) is 0 Å². The summed E-state index contributed by atoms with van der Waals surface area (Å²) >= 11 is 0. The van der Waals surface area contributed by atoms with Crippen LogP contribution in [0.15, 0.2) is 127 Å². The van der Waals surface area contributed by atoms with Gasteiger partial charge in [0.25, 0.3) is 14.2 Å². The van der Waals surface area contributed by atoms with Crippen molar-refractivity contribution < 1.29 is 33.2 Å². The lowest BCUT2D eigenvalue weighted by molar-refractivity contribution is -0.144. The fourth-order valence-corrected chi connectivity index (χ4v) is 13.4. The van der Waals surface area contributed by atoms with Crippen LogP contribution in [0.25, 0.3) is 0 Å². The molecule has 0 aromatic heterocycles. The van der Waals surface area contributed by atoms with E-state index in [1.54, 1.807) is 63.2 Å². The van der Waals surface area contributed by atoms with Gasteiger partial charge in [0.1, 0.15) is 29.8 Å². The molecule has 0 radical (unpaired) electrons. The lowest BCUT2D eigenvalue weighted by atomic mass is 9.94. The molecule has 12 nitrogen and oxygen atoms in total. The van der Waals surface area contributed by atoms with Gasteiger partial charge < -0.3 is 30.6 Å². The Bertz CT molecular complexity index is 2300. The minimum absolute atomic E-state index is 0.104. The van der Waals surface area contributed by atoms with Crippen LogP contribution in [-0.4, -0.2) is 84.8 Å². The number of carbonyl (C=O) groups excluding carboxylic acids is 6. The number of amides is 5. The van der Waals surface area contributed by atoms with Crippen molar-refractivity contribution in [1.82, 2.24) is 20.9 Å². The highest BCUT2D eigenvalue weighted by Gasteiger charge is 2.51. The zero-order chi connectivity index (χ0) is 46.8. The minimum atomic E-state index is -2.97. The summed E-state index contributed by atoms with van der Waals surface area (Å²) < 4.78 is 6.99. The van der Waals surface area contributed by atoms with Gasteiger partial charge in [0.2, 0.25) is 23.6 Å². The van der Waals surface area contributed by atoms with E-state index >= 15 is 0 Å². The topological polar surface area (TPSA) is 163 Å². The third-order valence-electron chi connectivity index (χ3n) is 12.7. The van der Waals surface area contributed by atoms with Gasteiger partial charge in [0.15, 0.2) is 5.78 Å². The van der Waals surface area contributed by atoms with Crippen molar-refractivity contribution >= 4 is 59.7 Å². The Morgan fingerprint density at radius 1 is 0.846 bits per heavy atom. The molecule has 4 aromatic carbocycles. The Hall–Kier alpha value is -6.18. The van der Waals surface area contributed by atoms with Crippen LogP contribution in [-0.2, 0) is 34.8 Å². The zero-order valence-corrected chi connectivity index (χ0v) is 39.4. The van der Waals surface area contributed by atoms with Crippen molar-refractivity contribution in [2.45, 2.75) is 121 Å². The third kappa shape index (κ3) is 11.4. The predicted molar refractivity (Wildman–Crippen MR) is 256 cm³/mol. The molecule has 2 aliphatic heterocycles. The van der Waals surface area contributed by atoms with Crippen LogP contribution >= 0.6 is 0 Å². The Kier molecular flexibility index (Phi) is 15.7. The minimum Gasteiger partial charge on any atom is -0.397 e. The van der Waals surface area contributed by atoms with Crippen molar-refractivity contribution in [2.24, 2.45) is 0 Å². The van der Waals surface area contributed by atoms with E-state index in [0.29, 0.717) is 49.0 Å². The van der Waals surface area contributed by atoms with Crippen LogP contribution in [0, 0.1) is 0 Å². The maximum absolute atomic E-state index is 14.3. The van der Waals surface area contributed by atoms with Crippen LogP contribution in [0.2, 0.25) is 5.04 Å². The molecule has 0 unspecified atom stereocenters. The van der Waals surface area contributed by atoms with Crippen molar-refractivity contribution in [3.05, 3.63) is 139 Å². The van der Waals surface area contributed by atoms with E-state index < -0.39 is 61.7 Å². The van der Waals surface area contributed by atoms with E-state index in [1.165, 1.54) is 11.0 Å². The number of hydrogen-bond donors (Lipinski definition) is 4. The SMILES string of the molecule is CC[C@]1(C)NC(=O)[C@H](CCC/C=C/C(=O)[C@H](C)O[Si](c2ccccc2)(c2ccccc2)C(C)(C)C)NC(=O)[C@H]2CCCN2C(=O)[C@H](Cc2ccc(C(=O)Nc3ccccc3)cc2)NC1=O. The van der Waals surface area contributed by atoms with Crippen LogP contribution in [0.4, 0.5) is 5.69 Å². The van der Waals surface area contributed by atoms with Crippen LogP contribution in [0.5, 0.6) is 0 Å². The van der Waals surface area contributed by atoms with Gasteiger partial charge in [-0.2, -0.15) is 0 Å². The molecular weight excluding hydrogens is 835 g/mol. The molecule has 6 rings (SSSR count). The van der Waals surface area contributed by atoms with Gasteiger partial charge in [0, 0.05) is 24.2 Å². The standard InChI is InChI=1S/C52H63N5O7Si/c1-7-52(6)50(63)55-43(35-37-30-32-38(33-31-37)46(59)53-39-21-12-8-13-22-39)49(62)57-34-20-28-44(57)48(61)54-42(47(60)56-52)27-18-11-19-29-45(58)36(2)64-65(51(3,4)5,40-23-14-9-15-24-40)41-25-16-10-17-26-41/h8-10,12-17,19,21-26,29-33,36,42-44H,7,11,18,20,27-28,34-35H2,1-6H3,(H,53,59)(H,54,61)(H,55,63)(H,56,60)/b29-19+/t36-,42-,43-,44+,52-/m0/s1. The van der Waals surface area contributed by atoms with Crippen molar-refractivity contribution in [3.8, 4) is 0 Å². The first-order chi connectivity index (χ1) is 31.1. The van der Waals surface area contributed by atoms with E-state index in [2.05, 4.69) is 66.3 Å². The highest BCUT2D eigenvalue weighted by atomic mass is 28.4. The number of ketones is 1. The highest BCUT2D eigenvalue weighted by Crippen LogP contribution is 2.37. The molecule has 2 saturated heterocycles. The molecule has 2 aliphatic rings. The predicted octanol–water partition coefficient (Wildman–Crippen LogP) is 6.00. The molecule has 5 amide bonds. The molecule has 342 valence electrons. The second kappa shape index (κ2) is 21.2. The molecule has 65 heavy (non-hydrogen) atoms. The summed E-state index contributed by atoms with van der Waals surface area (Å²) in [6.07, 6.45) is 5.00. The molecule has 4 aromatic rings. The fourth-order valence-electron chi connectivity index (χ4n) is 8.76. The summed E-state index contributed by atoms with van der Waals surface area (Å²) in [4.78, 5) is 84.5. The molecular formula is C52H63N5O7Si. The number of nitrogens with zero attached hydrogens (tertiary/aromatic N) is 1. The van der Waals surface area contributed by atoms with E-state index in [-0.39, 0.29) is 36.0 Å². The molecule has 0 saturated carbocycles. The molecule has 13 heteroatoms. The Morgan fingerprint density at radius 2 is 1.45 bits per heavy atom. The first-order valence-corrected chi connectivity index (χ1v) is 24.7. The molecule has 2 heterocycles. The Balaban J connectivity index is 1.12. The highest BCUT2D eigenvalue weighted by molar-refractivity contribution is 6.99. The first kappa shape index (κ1) is 48.3. The molecule has 0 spiro atoms. The second-order valence-corrected chi connectivity index (χ2v) is 22.6. The molecule has 0 bridgehead atoms. The van der Waals surface area contributed by atoms with Gasteiger partial charge in [-0.3, -0.25) is 28.8 Å². The monoisotopic (exact) mass is 897 g/mol. The van der Waals surface area contributed by atoms with Gasteiger partial charge in [0.05, 0.1) is 0 Å². The first-order valence-electron chi connectivity index (χ1n) is 22.7. The third-order valence-corrected chi connectivity index (χ3v) is 17.8. The number of rotatable bonds is 15. The summed E-state index contributed by atoms with van der Waals surface area (Å²) in [6, 6.07) is 33.4. The van der Waals surface area contributed by atoms with Gasteiger partial charge in [-0.25, -0.2) is 0 Å². The van der Waals surface area contributed by atoms with Crippen LogP contribution in [0.1, 0.15) is 96.0 Å². The number of benzene rings is 4. The van der Waals surface area contributed by atoms with Crippen molar-refractivity contribution in [1.29, 1.82) is 0 Å². The Morgan fingerprint density at radius 3 is 2.03 bits per heavy atom. The quantitative estimate of drug-likeness (QED) is 0.0647. The number of allylic oxidation sites excluding steroid dienone is 1. The summed E-state index contributed by atoms with van der Waals surface area (Å²) in [5, 5.41) is 13.5. The van der Waals surface area contributed by atoms with Gasteiger partial charge in [-0.1, -0.05) is 125 Å². The van der Waals surface area contributed by atoms with E-state index in [1.807, 2.05) is 54.6 Å². The normalized spacial score (nSPS) is 21.3. The number of carbonyl (C=O) groups is 6. The molecule has 0 aliphatic carbocycles. The maximum atomic E-state index is 14.3. The molecule has 2 fully saturated rings. The van der Waals surface area contributed by atoms with Crippen molar-refractivity contribution in [3.63, 3.8) is 0 Å². The van der Waals surface area contributed by atoms with Gasteiger partial charge in [-0.05, 0) is 104 Å². The summed E-state index contributed by atoms with van der Waals surface area (Å²) in [7, 11) is -2.97. The van der Waals surface area contributed by atoms with E-state index in [9.17, 15) is 28.8 Å². The zero-order valence-electron chi connectivity index (χ0n) is 38.4. The smallest absolute Gasteiger partial charge is 0.262 e. The Labute approximate surface area is 384 Å². The van der Waals surface area contributed by atoms with Gasteiger partial charge >= 0.3 is 0 Å². The average molecular weight is 898 g/mol. The lowest BCUT2D eigenvalue weighted by Crippen LogP contribution is -2.68. The molecule has 4 N–H and O–H groups in total. The number of nitrogens with one attached hydrogen (secondary N) is 4. The summed E-state index contributed by atoms with van der Waals surface area (Å²) in [5.41, 5.74) is 0.380. The average Bonchev–Trinajstić information content (AvgIpc) is 3.80. The fraction of sp³-hybridized carbons (Fsp3) is 0.385. The second-order valence-electron chi connectivity index (χ2n) is 18.3. The number of hydrogen-bond acceptors (Lipinski definition) is 7. The maximum Gasteiger partial charge on any atom is 0.262 e. The van der Waals surface area contributed by atoms with Crippen LogP contribution in [0.3, 0.4) is 0 Å². The lowest BCUT2D eigenvalue weighted by Gasteiger charge is -2.44.